The number of fused-ring (bicyclic) bond motifs is 2. The topological polar surface area (TPSA) is 65.3 Å². The second-order valence-corrected chi connectivity index (χ2v) is 8.09. The maximum Gasteiger partial charge on any atom is 0.259 e. The molecule has 4 aromatic rings. The van der Waals surface area contributed by atoms with Gasteiger partial charge in [-0.05, 0) is 54.4 Å². The smallest absolute Gasteiger partial charge is 0.259 e. The van der Waals surface area contributed by atoms with Gasteiger partial charge in [0.25, 0.3) is 5.91 Å². The van der Waals surface area contributed by atoms with Crippen LogP contribution in [-0.2, 0) is 13.0 Å². The van der Waals surface area contributed by atoms with E-state index in [9.17, 15) is 4.79 Å². The van der Waals surface area contributed by atoms with Crippen LogP contribution in [0.5, 0.6) is 17.2 Å². The van der Waals surface area contributed by atoms with Crippen LogP contribution in [-0.4, -0.2) is 29.1 Å². The third kappa shape index (κ3) is 3.96. The lowest BCUT2D eigenvalue weighted by atomic mass is 10.1. The number of imidazole rings is 1. The van der Waals surface area contributed by atoms with E-state index in [0.717, 1.165) is 11.3 Å². The lowest BCUT2D eigenvalue weighted by Crippen LogP contribution is -2.28. The number of anilines is 1. The van der Waals surface area contributed by atoms with Gasteiger partial charge in [-0.3, -0.25) is 14.1 Å². The first-order valence-electron chi connectivity index (χ1n) is 10.6. The summed E-state index contributed by atoms with van der Waals surface area (Å²) in [5.74, 6) is 2.38. The third-order valence-electron chi connectivity index (χ3n) is 5.54. The summed E-state index contributed by atoms with van der Waals surface area (Å²) in [5.41, 5.74) is 2.96. The standard InChI is InChI=1S/C25H22ClN3O4/c1-3-19-24(28(2)25(30)17-8-11-20-22(13-17)33-15-32-20)29-12-4-5-21(23(29)27-19)31-14-16-6-9-18(26)10-7-16/h4-13H,3,14-15H2,1-2H3. The van der Waals surface area contributed by atoms with Crippen molar-refractivity contribution >= 4 is 29.0 Å². The lowest BCUT2D eigenvalue weighted by Gasteiger charge is -2.19. The van der Waals surface area contributed by atoms with Crippen LogP contribution in [0, 0.1) is 0 Å². The van der Waals surface area contributed by atoms with Crippen molar-refractivity contribution in [2.75, 3.05) is 18.7 Å². The summed E-state index contributed by atoms with van der Waals surface area (Å²) < 4.78 is 18.7. The molecule has 1 amide bonds. The van der Waals surface area contributed by atoms with Crippen molar-refractivity contribution in [2.45, 2.75) is 20.0 Å². The fourth-order valence-corrected chi connectivity index (χ4v) is 3.97. The maximum atomic E-state index is 13.3. The number of aromatic nitrogens is 2. The Kier molecular flexibility index (Phi) is 5.56. The van der Waals surface area contributed by atoms with E-state index >= 15 is 0 Å². The largest absolute Gasteiger partial charge is 0.485 e. The zero-order valence-electron chi connectivity index (χ0n) is 18.2. The average molecular weight is 464 g/mol. The highest BCUT2D eigenvalue weighted by atomic mass is 35.5. The number of rotatable bonds is 6. The summed E-state index contributed by atoms with van der Waals surface area (Å²) >= 11 is 5.97. The van der Waals surface area contributed by atoms with Crippen LogP contribution in [0.25, 0.3) is 5.65 Å². The van der Waals surface area contributed by atoms with Gasteiger partial charge >= 0.3 is 0 Å². The molecule has 0 saturated heterocycles. The molecule has 1 aliphatic heterocycles. The minimum atomic E-state index is -0.169. The molecule has 3 heterocycles. The molecule has 33 heavy (non-hydrogen) atoms. The summed E-state index contributed by atoms with van der Waals surface area (Å²) in [6, 6.07) is 16.5. The van der Waals surface area contributed by atoms with Crippen LogP contribution in [0.2, 0.25) is 5.02 Å². The van der Waals surface area contributed by atoms with E-state index in [1.54, 1.807) is 30.1 Å². The minimum absolute atomic E-state index is 0.162. The Morgan fingerprint density at radius 1 is 1.15 bits per heavy atom. The van der Waals surface area contributed by atoms with Crippen LogP contribution < -0.4 is 19.1 Å². The van der Waals surface area contributed by atoms with Gasteiger partial charge in [0.05, 0.1) is 5.69 Å². The Balaban J connectivity index is 1.46. The highest BCUT2D eigenvalue weighted by Crippen LogP contribution is 2.34. The van der Waals surface area contributed by atoms with Crippen LogP contribution in [0.3, 0.4) is 0 Å². The van der Waals surface area contributed by atoms with Gasteiger partial charge < -0.3 is 14.2 Å². The van der Waals surface area contributed by atoms with E-state index in [1.165, 1.54) is 0 Å². The first-order valence-corrected chi connectivity index (χ1v) is 11.0. The van der Waals surface area contributed by atoms with Gasteiger partial charge in [-0.1, -0.05) is 30.7 Å². The molecule has 0 spiro atoms. The molecule has 0 aliphatic carbocycles. The number of ether oxygens (including phenoxy) is 3. The van der Waals surface area contributed by atoms with Crippen LogP contribution in [0.4, 0.5) is 5.82 Å². The number of hydrogen-bond acceptors (Lipinski definition) is 5. The molecule has 0 saturated carbocycles. The monoisotopic (exact) mass is 463 g/mol. The fourth-order valence-electron chi connectivity index (χ4n) is 3.84. The van der Waals surface area contributed by atoms with E-state index in [2.05, 4.69) is 0 Å². The molecule has 0 bridgehead atoms. The van der Waals surface area contributed by atoms with E-state index < -0.39 is 0 Å². The van der Waals surface area contributed by atoms with Crippen LogP contribution in [0.1, 0.15) is 28.5 Å². The molecule has 8 heteroatoms. The number of carbonyl (C=O) groups is 1. The summed E-state index contributed by atoms with van der Waals surface area (Å²) in [6.45, 7) is 2.56. The van der Waals surface area contributed by atoms with E-state index in [0.29, 0.717) is 52.3 Å². The number of aryl methyl sites for hydroxylation is 1. The number of nitrogens with zero attached hydrogens (tertiary/aromatic N) is 3. The lowest BCUT2D eigenvalue weighted by molar-refractivity contribution is 0.0991. The summed E-state index contributed by atoms with van der Waals surface area (Å²) in [5, 5.41) is 0.682. The summed E-state index contributed by atoms with van der Waals surface area (Å²) in [4.78, 5) is 19.7. The molecule has 2 aromatic heterocycles. The minimum Gasteiger partial charge on any atom is -0.485 e. The first kappa shape index (κ1) is 21.2. The Labute approximate surface area is 196 Å². The first-order chi connectivity index (χ1) is 16.0. The van der Waals surface area contributed by atoms with Gasteiger partial charge in [0, 0.05) is 23.8 Å². The van der Waals surface area contributed by atoms with Crippen molar-refractivity contribution in [3.8, 4) is 17.2 Å². The van der Waals surface area contributed by atoms with Crippen molar-refractivity contribution in [2.24, 2.45) is 0 Å². The second kappa shape index (κ2) is 8.67. The predicted molar refractivity (Wildman–Crippen MR) is 126 cm³/mol. The van der Waals surface area contributed by atoms with Crippen molar-refractivity contribution in [1.82, 2.24) is 9.38 Å². The molecular formula is C25H22ClN3O4. The number of benzene rings is 2. The average Bonchev–Trinajstić information content (AvgIpc) is 3.46. The van der Waals surface area contributed by atoms with Gasteiger partial charge in [0.2, 0.25) is 6.79 Å². The number of halogens is 1. The number of carbonyl (C=O) groups excluding carboxylic acids is 1. The Morgan fingerprint density at radius 2 is 1.94 bits per heavy atom. The Hall–Kier alpha value is -3.71. The van der Waals surface area contributed by atoms with Crippen LogP contribution in [0.15, 0.2) is 60.8 Å². The van der Waals surface area contributed by atoms with Gasteiger partial charge in [-0.15, -0.1) is 0 Å². The van der Waals surface area contributed by atoms with Crippen molar-refractivity contribution in [3.05, 3.63) is 82.6 Å². The van der Waals surface area contributed by atoms with Crippen molar-refractivity contribution in [1.29, 1.82) is 0 Å². The highest BCUT2D eigenvalue weighted by molar-refractivity contribution is 6.30. The molecule has 5 rings (SSSR count). The molecule has 0 atom stereocenters. The SMILES string of the molecule is CCc1nc2c(OCc3ccc(Cl)cc3)cccn2c1N(C)C(=O)c1ccc2c(c1)OCO2. The molecule has 0 fully saturated rings. The zero-order valence-corrected chi connectivity index (χ0v) is 19.0. The number of hydrogen-bond donors (Lipinski definition) is 0. The Morgan fingerprint density at radius 3 is 2.73 bits per heavy atom. The van der Waals surface area contributed by atoms with Crippen molar-refractivity contribution < 1.29 is 19.0 Å². The van der Waals surface area contributed by atoms with Gasteiger partial charge in [-0.2, -0.15) is 0 Å². The molecule has 0 N–H and O–H groups in total. The normalized spacial score (nSPS) is 12.2. The predicted octanol–water partition coefficient (Wildman–Crippen LogP) is 5.13. The molecule has 7 nitrogen and oxygen atoms in total. The van der Waals surface area contributed by atoms with Gasteiger partial charge in [-0.25, -0.2) is 4.98 Å². The second-order valence-electron chi connectivity index (χ2n) is 7.65. The van der Waals surface area contributed by atoms with E-state index in [1.807, 2.05) is 53.9 Å². The molecular weight excluding hydrogens is 442 g/mol. The van der Waals surface area contributed by atoms with Gasteiger partial charge in [0.15, 0.2) is 22.9 Å². The van der Waals surface area contributed by atoms with Gasteiger partial charge in [0.1, 0.15) is 12.4 Å². The van der Waals surface area contributed by atoms with E-state index in [-0.39, 0.29) is 12.7 Å². The third-order valence-corrected chi connectivity index (χ3v) is 5.79. The van der Waals surface area contributed by atoms with E-state index in [4.69, 9.17) is 30.8 Å². The Bertz CT molecular complexity index is 1330. The quantitative estimate of drug-likeness (QED) is 0.396. The fraction of sp³-hybridized carbons (Fsp3) is 0.200. The molecule has 1 aliphatic rings. The molecule has 168 valence electrons. The maximum absolute atomic E-state index is 13.3. The van der Waals surface area contributed by atoms with Crippen LogP contribution >= 0.6 is 11.6 Å². The molecule has 0 radical (unpaired) electrons. The van der Waals surface area contributed by atoms with Crippen molar-refractivity contribution in [3.63, 3.8) is 0 Å². The number of amides is 1. The molecule has 0 unspecified atom stereocenters. The highest BCUT2D eigenvalue weighted by Gasteiger charge is 2.24. The number of pyridine rings is 1. The zero-order chi connectivity index (χ0) is 22.9. The summed E-state index contributed by atoms with van der Waals surface area (Å²) in [6.07, 6.45) is 2.54. The summed E-state index contributed by atoms with van der Waals surface area (Å²) in [7, 11) is 1.75. The molecule has 2 aromatic carbocycles.